The molecule has 1 fully saturated rings. The third-order valence-corrected chi connectivity index (χ3v) is 4.73. The number of nitrogens with zero attached hydrogens (tertiary/aromatic N) is 3. The van der Waals surface area contributed by atoms with Crippen LogP contribution >= 0.6 is 0 Å². The molecule has 0 aromatic carbocycles. The number of carbonyl (C=O) groups is 2. The van der Waals surface area contributed by atoms with E-state index in [1.165, 1.54) is 0 Å². The van der Waals surface area contributed by atoms with Crippen LogP contribution in [0.1, 0.15) is 51.9 Å². The van der Waals surface area contributed by atoms with Crippen molar-refractivity contribution in [2.24, 2.45) is 11.8 Å². The standard InChI is InChI=1S/C20H34N4O3/c1-14(13-24-16(3)11-15(2)22-24)12-21-18(25)17-7-9-23(10-8-17)19(26)27-20(4,5)6/h11,14,17H,7-10,12-13H2,1-6H3,(H,21,25). The smallest absolute Gasteiger partial charge is 0.410 e. The molecule has 1 atom stereocenters. The van der Waals surface area contributed by atoms with E-state index in [2.05, 4.69) is 23.4 Å². The van der Waals surface area contributed by atoms with E-state index in [1.807, 2.05) is 39.3 Å². The zero-order valence-electron chi connectivity index (χ0n) is 17.5. The number of amides is 2. The lowest BCUT2D eigenvalue weighted by Crippen LogP contribution is -2.45. The highest BCUT2D eigenvalue weighted by atomic mass is 16.6. The maximum absolute atomic E-state index is 12.5. The summed E-state index contributed by atoms with van der Waals surface area (Å²) >= 11 is 0. The Kier molecular flexibility index (Phi) is 6.89. The van der Waals surface area contributed by atoms with E-state index in [0.717, 1.165) is 17.9 Å². The molecule has 1 aromatic rings. The van der Waals surface area contributed by atoms with Gasteiger partial charge >= 0.3 is 6.09 Å². The molecule has 0 saturated carbocycles. The summed E-state index contributed by atoms with van der Waals surface area (Å²) in [6.45, 7) is 14.3. The lowest BCUT2D eigenvalue weighted by atomic mass is 9.96. The first-order valence-electron chi connectivity index (χ1n) is 9.82. The van der Waals surface area contributed by atoms with Crippen molar-refractivity contribution in [1.29, 1.82) is 0 Å². The van der Waals surface area contributed by atoms with E-state index in [9.17, 15) is 9.59 Å². The van der Waals surface area contributed by atoms with Gasteiger partial charge in [0.25, 0.3) is 0 Å². The van der Waals surface area contributed by atoms with Gasteiger partial charge in [-0.3, -0.25) is 9.48 Å². The average molecular weight is 379 g/mol. The summed E-state index contributed by atoms with van der Waals surface area (Å²) in [6, 6.07) is 2.06. The van der Waals surface area contributed by atoms with Crippen LogP contribution < -0.4 is 5.32 Å². The van der Waals surface area contributed by atoms with Gasteiger partial charge in [0.1, 0.15) is 5.60 Å². The fraction of sp³-hybridized carbons (Fsp3) is 0.750. The quantitative estimate of drug-likeness (QED) is 0.855. The molecule has 1 aliphatic rings. The number of hydrogen-bond acceptors (Lipinski definition) is 4. The van der Waals surface area contributed by atoms with Crippen LogP contribution in [0.15, 0.2) is 6.07 Å². The number of rotatable bonds is 5. The van der Waals surface area contributed by atoms with Crippen LogP contribution in [0.3, 0.4) is 0 Å². The van der Waals surface area contributed by atoms with Crippen molar-refractivity contribution in [3.63, 3.8) is 0 Å². The molecule has 0 bridgehead atoms. The molecule has 27 heavy (non-hydrogen) atoms. The molecule has 0 aliphatic carbocycles. The molecule has 1 unspecified atom stereocenters. The van der Waals surface area contributed by atoms with Crippen LogP contribution in [-0.4, -0.2) is 51.9 Å². The Balaban J connectivity index is 1.73. The number of hydrogen-bond donors (Lipinski definition) is 1. The molecule has 2 heterocycles. The molecule has 152 valence electrons. The highest BCUT2D eigenvalue weighted by Gasteiger charge is 2.29. The Labute approximate surface area is 162 Å². The van der Waals surface area contributed by atoms with Gasteiger partial charge in [-0.1, -0.05) is 6.92 Å². The Morgan fingerprint density at radius 2 is 1.93 bits per heavy atom. The van der Waals surface area contributed by atoms with Crippen molar-refractivity contribution in [2.45, 2.75) is 66.5 Å². The normalized spacial score (nSPS) is 16.9. The van der Waals surface area contributed by atoms with Crippen LogP contribution in [0.2, 0.25) is 0 Å². The minimum absolute atomic E-state index is 0.0374. The topological polar surface area (TPSA) is 76.5 Å². The summed E-state index contributed by atoms with van der Waals surface area (Å²) in [7, 11) is 0. The number of nitrogens with one attached hydrogen (secondary N) is 1. The fourth-order valence-corrected chi connectivity index (χ4v) is 3.29. The van der Waals surface area contributed by atoms with Gasteiger partial charge in [0.2, 0.25) is 5.91 Å². The summed E-state index contributed by atoms with van der Waals surface area (Å²) in [5.74, 6) is 0.345. The van der Waals surface area contributed by atoms with Gasteiger partial charge in [-0.25, -0.2) is 4.79 Å². The van der Waals surface area contributed by atoms with E-state index in [1.54, 1.807) is 4.90 Å². The number of ether oxygens (including phenoxy) is 1. The summed E-state index contributed by atoms with van der Waals surface area (Å²) < 4.78 is 7.39. The highest BCUT2D eigenvalue weighted by Crippen LogP contribution is 2.20. The number of piperidine rings is 1. The van der Waals surface area contributed by atoms with Crippen LogP contribution in [0, 0.1) is 25.7 Å². The van der Waals surface area contributed by atoms with Crippen LogP contribution in [0.5, 0.6) is 0 Å². The molecule has 2 rings (SSSR count). The van der Waals surface area contributed by atoms with Crippen LogP contribution in [0.4, 0.5) is 4.79 Å². The average Bonchev–Trinajstić information content (AvgIpc) is 2.88. The van der Waals surface area contributed by atoms with E-state index < -0.39 is 5.60 Å². The molecule has 2 amide bonds. The molecular formula is C20H34N4O3. The first-order valence-corrected chi connectivity index (χ1v) is 9.82. The second-order valence-corrected chi connectivity index (χ2v) is 8.70. The minimum Gasteiger partial charge on any atom is -0.444 e. The third-order valence-electron chi connectivity index (χ3n) is 4.73. The third kappa shape index (κ3) is 6.56. The van der Waals surface area contributed by atoms with Crippen molar-refractivity contribution in [3.05, 3.63) is 17.5 Å². The first kappa shape index (κ1) is 21.3. The van der Waals surface area contributed by atoms with Crippen LogP contribution in [0.25, 0.3) is 0 Å². The second kappa shape index (κ2) is 8.76. The molecular weight excluding hydrogens is 344 g/mol. The Morgan fingerprint density at radius 1 is 1.30 bits per heavy atom. The molecule has 1 aromatic heterocycles. The highest BCUT2D eigenvalue weighted by molar-refractivity contribution is 5.79. The van der Waals surface area contributed by atoms with E-state index >= 15 is 0 Å². The molecule has 1 N–H and O–H groups in total. The van der Waals surface area contributed by atoms with E-state index in [4.69, 9.17) is 4.74 Å². The van der Waals surface area contributed by atoms with Crippen molar-refractivity contribution >= 4 is 12.0 Å². The van der Waals surface area contributed by atoms with Gasteiger partial charge in [-0.15, -0.1) is 0 Å². The predicted molar refractivity (Wildman–Crippen MR) is 104 cm³/mol. The molecule has 1 aliphatic heterocycles. The van der Waals surface area contributed by atoms with Gasteiger partial charge in [0.05, 0.1) is 5.69 Å². The molecule has 7 nitrogen and oxygen atoms in total. The maximum Gasteiger partial charge on any atom is 0.410 e. The predicted octanol–water partition coefficient (Wildman–Crippen LogP) is 2.90. The molecule has 0 radical (unpaired) electrons. The summed E-state index contributed by atoms with van der Waals surface area (Å²) in [4.78, 5) is 26.3. The fourth-order valence-electron chi connectivity index (χ4n) is 3.29. The number of aromatic nitrogens is 2. The lowest BCUT2D eigenvalue weighted by Gasteiger charge is -2.33. The Morgan fingerprint density at radius 3 is 2.44 bits per heavy atom. The lowest BCUT2D eigenvalue weighted by molar-refractivity contribution is -0.126. The Bertz CT molecular complexity index is 655. The minimum atomic E-state index is -0.493. The summed E-state index contributed by atoms with van der Waals surface area (Å²) in [5.41, 5.74) is 1.66. The largest absolute Gasteiger partial charge is 0.444 e. The maximum atomic E-state index is 12.5. The zero-order chi connectivity index (χ0) is 20.2. The molecule has 7 heteroatoms. The van der Waals surface area contributed by atoms with Crippen LogP contribution in [-0.2, 0) is 16.1 Å². The zero-order valence-corrected chi connectivity index (χ0v) is 17.5. The second-order valence-electron chi connectivity index (χ2n) is 8.70. The van der Waals surface area contributed by atoms with Gasteiger partial charge in [0, 0.05) is 37.8 Å². The molecule has 0 spiro atoms. The van der Waals surface area contributed by atoms with E-state index in [0.29, 0.717) is 38.4 Å². The number of aryl methyl sites for hydroxylation is 2. The van der Waals surface area contributed by atoms with Gasteiger partial charge in [-0.2, -0.15) is 5.10 Å². The SMILES string of the molecule is Cc1cc(C)n(CC(C)CNC(=O)C2CCN(C(=O)OC(C)(C)C)CC2)n1. The van der Waals surface area contributed by atoms with Crippen molar-refractivity contribution < 1.29 is 14.3 Å². The first-order chi connectivity index (χ1) is 12.5. The molecule has 1 saturated heterocycles. The number of likely N-dealkylation sites (tertiary alicyclic amines) is 1. The van der Waals surface area contributed by atoms with Crippen molar-refractivity contribution in [2.75, 3.05) is 19.6 Å². The van der Waals surface area contributed by atoms with Gasteiger partial charge in [-0.05, 0) is 59.4 Å². The van der Waals surface area contributed by atoms with Crippen molar-refractivity contribution in [3.8, 4) is 0 Å². The Hall–Kier alpha value is -2.05. The summed E-state index contributed by atoms with van der Waals surface area (Å²) in [6.07, 6.45) is 1.06. The monoisotopic (exact) mass is 378 g/mol. The van der Waals surface area contributed by atoms with E-state index in [-0.39, 0.29) is 17.9 Å². The summed E-state index contributed by atoms with van der Waals surface area (Å²) in [5, 5.41) is 7.54. The number of carbonyl (C=O) groups excluding carboxylic acids is 2. The van der Waals surface area contributed by atoms with Gasteiger partial charge in [0.15, 0.2) is 0 Å². The van der Waals surface area contributed by atoms with Gasteiger partial charge < -0.3 is 15.0 Å². The van der Waals surface area contributed by atoms with Crippen molar-refractivity contribution in [1.82, 2.24) is 20.0 Å².